The Balaban J connectivity index is 2.65. The fraction of sp³-hybridized carbons (Fsp3) is 0.846. The first-order chi connectivity index (χ1) is 8.30. The maximum absolute atomic E-state index is 12.2. The Kier molecular flexibility index (Phi) is 4.73. The molecule has 1 aliphatic heterocycles. The molecule has 1 aliphatic rings. The summed E-state index contributed by atoms with van der Waals surface area (Å²) in [5.74, 6) is 0.413. The molecular formula is C13H25N3O2. The molecule has 0 aliphatic carbocycles. The van der Waals surface area contributed by atoms with E-state index in [0.717, 1.165) is 6.42 Å². The van der Waals surface area contributed by atoms with Crippen LogP contribution in [0, 0.1) is 5.92 Å². The first kappa shape index (κ1) is 15.0. The van der Waals surface area contributed by atoms with E-state index in [1.807, 2.05) is 20.8 Å². The van der Waals surface area contributed by atoms with E-state index < -0.39 is 5.54 Å². The smallest absolute Gasteiger partial charge is 0.247 e. The number of nitrogens with two attached hydrogens (primary N) is 1. The Morgan fingerprint density at radius 2 is 2.06 bits per heavy atom. The van der Waals surface area contributed by atoms with Crippen LogP contribution in [0.25, 0.3) is 0 Å². The Morgan fingerprint density at radius 1 is 1.44 bits per heavy atom. The molecule has 0 radical (unpaired) electrons. The summed E-state index contributed by atoms with van der Waals surface area (Å²) in [4.78, 5) is 27.7. The molecule has 1 rings (SSSR count). The molecule has 1 saturated heterocycles. The minimum absolute atomic E-state index is 0.00831. The van der Waals surface area contributed by atoms with Gasteiger partial charge in [-0.1, -0.05) is 6.92 Å². The third-order valence-corrected chi connectivity index (χ3v) is 3.76. The van der Waals surface area contributed by atoms with Gasteiger partial charge in [-0.15, -0.1) is 0 Å². The monoisotopic (exact) mass is 255 g/mol. The molecule has 18 heavy (non-hydrogen) atoms. The van der Waals surface area contributed by atoms with Gasteiger partial charge in [0, 0.05) is 26.6 Å². The third kappa shape index (κ3) is 3.02. The van der Waals surface area contributed by atoms with Crippen molar-refractivity contribution in [3.63, 3.8) is 0 Å². The average Bonchev–Trinajstić information content (AvgIpc) is 2.32. The maximum atomic E-state index is 12.2. The molecule has 104 valence electrons. The number of rotatable bonds is 4. The van der Waals surface area contributed by atoms with Crippen molar-refractivity contribution in [3.8, 4) is 0 Å². The molecule has 5 heteroatoms. The SMILES string of the molecule is CC(CN)CCC(=O)N1CCN(C)C(=O)C1(C)C. The molecule has 1 unspecified atom stereocenters. The Hall–Kier alpha value is -1.10. The predicted octanol–water partition coefficient (Wildman–Crippen LogP) is 0.441. The zero-order valence-electron chi connectivity index (χ0n) is 11.9. The van der Waals surface area contributed by atoms with Gasteiger partial charge in [0.2, 0.25) is 11.8 Å². The minimum atomic E-state index is -0.726. The number of nitrogens with zero attached hydrogens (tertiary/aromatic N) is 2. The van der Waals surface area contributed by atoms with Crippen LogP contribution in [-0.2, 0) is 9.59 Å². The van der Waals surface area contributed by atoms with Crippen LogP contribution in [0.5, 0.6) is 0 Å². The van der Waals surface area contributed by atoms with Gasteiger partial charge in [-0.25, -0.2) is 0 Å². The van der Waals surface area contributed by atoms with Crippen molar-refractivity contribution in [2.75, 3.05) is 26.7 Å². The van der Waals surface area contributed by atoms with Gasteiger partial charge >= 0.3 is 0 Å². The standard InChI is InChI=1S/C13H25N3O2/c1-10(9-14)5-6-11(17)16-8-7-15(4)12(18)13(16,2)3/h10H,5-9,14H2,1-4H3. The van der Waals surface area contributed by atoms with Crippen LogP contribution in [0.2, 0.25) is 0 Å². The lowest BCUT2D eigenvalue weighted by molar-refractivity contribution is -0.157. The maximum Gasteiger partial charge on any atom is 0.247 e. The fourth-order valence-electron chi connectivity index (χ4n) is 2.27. The molecule has 5 nitrogen and oxygen atoms in total. The average molecular weight is 255 g/mol. The van der Waals surface area contributed by atoms with E-state index in [2.05, 4.69) is 0 Å². The van der Waals surface area contributed by atoms with Crippen molar-refractivity contribution in [3.05, 3.63) is 0 Å². The van der Waals surface area contributed by atoms with Crippen molar-refractivity contribution in [1.29, 1.82) is 0 Å². The normalized spacial score (nSPS) is 21.1. The number of likely N-dealkylation sites (N-methyl/N-ethyl adjacent to an activating group) is 1. The molecule has 0 aromatic rings. The quantitative estimate of drug-likeness (QED) is 0.792. The molecule has 0 spiro atoms. The number of carbonyl (C=O) groups is 2. The fourth-order valence-corrected chi connectivity index (χ4v) is 2.27. The van der Waals surface area contributed by atoms with E-state index in [-0.39, 0.29) is 11.8 Å². The molecule has 2 N–H and O–H groups in total. The van der Waals surface area contributed by atoms with Gasteiger partial charge in [0.1, 0.15) is 5.54 Å². The van der Waals surface area contributed by atoms with Gasteiger partial charge < -0.3 is 15.5 Å². The van der Waals surface area contributed by atoms with E-state index in [1.54, 1.807) is 16.8 Å². The van der Waals surface area contributed by atoms with Crippen LogP contribution in [0.1, 0.15) is 33.6 Å². The van der Waals surface area contributed by atoms with Crippen LogP contribution in [0.15, 0.2) is 0 Å². The van der Waals surface area contributed by atoms with Gasteiger partial charge in [0.25, 0.3) is 0 Å². The van der Waals surface area contributed by atoms with Gasteiger partial charge in [-0.2, -0.15) is 0 Å². The largest absolute Gasteiger partial charge is 0.342 e. The van der Waals surface area contributed by atoms with Crippen molar-refractivity contribution >= 4 is 11.8 Å². The summed E-state index contributed by atoms with van der Waals surface area (Å²) in [7, 11) is 1.78. The topological polar surface area (TPSA) is 66.6 Å². The first-order valence-electron chi connectivity index (χ1n) is 6.56. The van der Waals surface area contributed by atoms with E-state index >= 15 is 0 Å². The zero-order valence-corrected chi connectivity index (χ0v) is 11.9. The summed E-state index contributed by atoms with van der Waals surface area (Å²) in [6.07, 6.45) is 1.25. The second kappa shape index (κ2) is 5.69. The Morgan fingerprint density at radius 3 is 2.61 bits per heavy atom. The highest BCUT2D eigenvalue weighted by Crippen LogP contribution is 2.23. The number of carbonyl (C=O) groups excluding carboxylic acids is 2. The lowest BCUT2D eigenvalue weighted by atomic mass is 9.96. The van der Waals surface area contributed by atoms with Crippen molar-refractivity contribution in [2.45, 2.75) is 39.2 Å². The predicted molar refractivity (Wildman–Crippen MR) is 70.9 cm³/mol. The Bertz CT molecular complexity index is 328. The van der Waals surface area contributed by atoms with Gasteiger partial charge in [-0.3, -0.25) is 9.59 Å². The Labute approximate surface area is 109 Å². The van der Waals surface area contributed by atoms with E-state index in [4.69, 9.17) is 5.73 Å². The lowest BCUT2D eigenvalue weighted by Crippen LogP contribution is -2.63. The third-order valence-electron chi connectivity index (χ3n) is 3.76. The summed E-state index contributed by atoms with van der Waals surface area (Å²) in [5.41, 5.74) is 4.82. The molecular weight excluding hydrogens is 230 g/mol. The summed E-state index contributed by atoms with van der Waals surface area (Å²) in [6.45, 7) is 7.49. The zero-order chi connectivity index (χ0) is 13.9. The lowest BCUT2D eigenvalue weighted by Gasteiger charge is -2.44. The number of hydrogen-bond acceptors (Lipinski definition) is 3. The van der Waals surface area contributed by atoms with Crippen molar-refractivity contribution in [2.24, 2.45) is 11.7 Å². The van der Waals surface area contributed by atoms with Crippen LogP contribution in [-0.4, -0.2) is 53.8 Å². The van der Waals surface area contributed by atoms with E-state index in [9.17, 15) is 9.59 Å². The highest BCUT2D eigenvalue weighted by molar-refractivity contribution is 5.91. The van der Waals surface area contributed by atoms with Crippen LogP contribution >= 0.6 is 0 Å². The van der Waals surface area contributed by atoms with E-state index in [1.165, 1.54) is 0 Å². The number of hydrogen-bond donors (Lipinski definition) is 1. The second-order valence-electron chi connectivity index (χ2n) is 5.71. The summed E-state index contributed by atoms with van der Waals surface area (Å²) >= 11 is 0. The molecule has 1 heterocycles. The summed E-state index contributed by atoms with van der Waals surface area (Å²) in [6, 6.07) is 0. The summed E-state index contributed by atoms with van der Waals surface area (Å²) < 4.78 is 0. The van der Waals surface area contributed by atoms with Crippen LogP contribution in [0.4, 0.5) is 0 Å². The van der Waals surface area contributed by atoms with Crippen molar-refractivity contribution < 1.29 is 9.59 Å². The highest BCUT2D eigenvalue weighted by atomic mass is 16.2. The number of piperazine rings is 1. The molecule has 0 aromatic heterocycles. The minimum Gasteiger partial charge on any atom is -0.342 e. The molecule has 0 bridgehead atoms. The second-order valence-corrected chi connectivity index (χ2v) is 5.71. The van der Waals surface area contributed by atoms with Crippen molar-refractivity contribution in [1.82, 2.24) is 9.80 Å². The van der Waals surface area contributed by atoms with Gasteiger partial charge in [0.15, 0.2) is 0 Å². The van der Waals surface area contributed by atoms with Gasteiger partial charge in [0.05, 0.1) is 0 Å². The molecule has 1 fully saturated rings. The van der Waals surface area contributed by atoms with Crippen LogP contribution < -0.4 is 5.73 Å². The molecule has 0 saturated carbocycles. The molecule has 2 amide bonds. The van der Waals surface area contributed by atoms with Gasteiger partial charge in [-0.05, 0) is 32.7 Å². The molecule has 1 atom stereocenters. The summed E-state index contributed by atoms with van der Waals surface area (Å²) in [5, 5.41) is 0. The van der Waals surface area contributed by atoms with E-state index in [0.29, 0.717) is 32.0 Å². The van der Waals surface area contributed by atoms with Crippen LogP contribution in [0.3, 0.4) is 0 Å². The first-order valence-corrected chi connectivity index (χ1v) is 6.56. The molecule has 0 aromatic carbocycles. The highest BCUT2D eigenvalue weighted by Gasteiger charge is 2.42. The number of amides is 2.